The van der Waals surface area contributed by atoms with Crippen LogP contribution in [0.2, 0.25) is 0 Å². The molecule has 2 amide bonds. The second-order valence-corrected chi connectivity index (χ2v) is 6.52. The van der Waals surface area contributed by atoms with Crippen molar-refractivity contribution >= 4 is 28.9 Å². The van der Waals surface area contributed by atoms with Crippen LogP contribution in [-0.2, 0) is 25.5 Å². The smallest absolute Gasteiger partial charge is 0.306 e. The maximum absolute atomic E-state index is 12.6. The molecule has 0 aliphatic carbocycles. The van der Waals surface area contributed by atoms with E-state index in [1.807, 2.05) is 18.2 Å². The van der Waals surface area contributed by atoms with Crippen molar-refractivity contribution in [3.05, 3.63) is 30.2 Å². The molecule has 0 radical (unpaired) electrons. The van der Waals surface area contributed by atoms with Crippen molar-refractivity contribution in [1.82, 2.24) is 14.8 Å². The molecule has 1 aromatic carbocycles. The van der Waals surface area contributed by atoms with Gasteiger partial charge in [-0.3, -0.25) is 14.4 Å². The highest BCUT2D eigenvalue weighted by Gasteiger charge is 2.22. The molecule has 1 aliphatic rings. The predicted molar refractivity (Wildman–Crippen MR) is 96.7 cm³/mol. The average Bonchev–Trinajstić information content (AvgIpc) is 2.99. The molecule has 0 saturated carbocycles. The molecule has 0 atom stereocenters. The number of oxazole rings is 1. The number of nitrogens with zero attached hydrogens (tertiary/aromatic N) is 3. The first kappa shape index (κ1) is 18.9. The van der Waals surface area contributed by atoms with Gasteiger partial charge in [0, 0.05) is 32.6 Å². The minimum absolute atomic E-state index is 0.0257. The molecule has 2 heterocycles. The lowest BCUT2D eigenvalue weighted by Gasteiger charge is -2.22. The molecule has 3 rings (SSSR count). The summed E-state index contributed by atoms with van der Waals surface area (Å²) < 4.78 is 9.85. The van der Waals surface area contributed by atoms with Gasteiger partial charge in [-0.15, -0.1) is 0 Å². The first-order chi connectivity index (χ1) is 13.1. The standard InChI is InChI=1S/C19H23N3O5/c1-26-19(25)6-5-17(23)21-7-2-8-22(10-9-21)18(24)12-14-3-4-15-16(11-14)27-13-20-15/h3-4,11,13H,2,5-10,12H2,1H3. The Bertz CT molecular complexity index is 832. The van der Waals surface area contributed by atoms with E-state index in [1.165, 1.54) is 13.5 Å². The third-order valence-corrected chi connectivity index (χ3v) is 4.72. The highest BCUT2D eigenvalue weighted by molar-refractivity contribution is 5.82. The van der Waals surface area contributed by atoms with E-state index in [0.717, 1.165) is 17.5 Å². The van der Waals surface area contributed by atoms with Crippen LogP contribution in [0.4, 0.5) is 0 Å². The van der Waals surface area contributed by atoms with E-state index in [1.54, 1.807) is 9.80 Å². The number of benzene rings is 1. The lowest BCUT2D eigenvalue weighted by atomic mass is 10.1. The third-order valence-electron chi connectivity index (χ3n) is 4.72. The molecule has 1 saturated heterocycles. The van der Waals surface area contributed by atoms with Gasteiger partial charge in [-0.1, -0.05) is 6.07 Å². The Morgan fingerprint density at radius 1 is 1.07 bits per heavy atom. The Morgan fingerprint density at radius 3 is 2.56 bits per heavy atom. The summed E-state index contributed by atoms with van der Waals surface area (Å²) in [7, 11) is 1.31. The van der Waals surface area contributed by atoms with Crippen LogP contribution in [-0.4, -0.2) is 65.9 Å². The minimum Gasteiger partial charge on any atom is -0.469 e. The lowest BCUT2D eigenvalue weighted by Crippen LogP contribution is -2.38. The van der Waals surface area contributed by atoms with Crippen molar-refractivity contribution in [1.29, 1.82) is 0 Å². The summed E-state index contributed by atoms with van der Waals surface area (Å²) in [6.07, 6.45) is 2.61. The van der Waals surface area contributed by atoms with Crippen molar-refractivity contribution < 1.29 is 23.5 Å². The van der Waals surface area contributed by atoms with Crippen molar-refractivity contribution in [2.24, 2.45) is 0 Å². The zero-order valence-corrected chi connectivity index (χ0v) is 15.3. The van der Waals surface area contributed by atoms with Crippen molar-refractivity contribution in [3.8, 4) is 0 Å². The molecule has 1 aromatic heterocycles. The van der Waals surface area contributed by atoms with E-state index in [4.69, 9.17) is 4.42 Å². The number of methoxy groups -OCH3 is 1. The van der Waals surface area contributed by atoms with E-state index in [2.05, 4.69) is 9.72 Å². The molecular formula is C19H23N3O5. The Labute approximate surface area is 157 Å². The number of hydrogen-bond acceptors (Lipinski definition) is 6. The second kappa shape index (κ2) is 8.66. The summed E-state index contributed by atoms with van der Waals surface area (Å²) in [4.78, 5) is 43.6. The molecule has 1 fully saturated rings. The molecule has 0 bridgehead atoms. The van der Waals surface area contributed by atoms with Crippen LogP contribution in [0.3, 0.4) is 0 Å². The van der Waals surface area contributed by atoms with E-state index < -0.39 is 5.97 Å². The fourth-order valence-corrected chi connectivity index (χ4v) is 3.18. The molecule has 1 aliphatic heterocycles. The van der Waals surface area contributed by atoms with Crippen LogP contribution in [0.25, 0.3) is 11.1 Å². The largest absolute Gasteiger partial charge is 0.469 e. The molecule has 8 nitrogen and oxygen atoms in total. The van der Waals surface area contributed by atoms with Gasteiger partial charge in [0.1, 0.15) is 5.52 Å². The number of esters is 1. The summed E-state index contributed by atoms with van der Waals surface area (Å²) in [5, 5.41) is 0. The lowest BCUT2D eigenvalue weighted by molar-refractivity contribution is -0.143. The van der Waals surface area contributed by atoms with Crippen molar-refractivity contribution in [3.63, 3.8) is 0 Å². The molecule has 0 unspecified atom stereocenters. The van der Waals surface area contributed by atoms with Crippen LogP contribution in [0, 0.1) is 0 Å². The number of ether oxygens (including phenoxy) is 1. The molecule has 0 spiro atoms. The molecule has 0 N–H and O–H groups in total. The van der Waals surface area contributed by atoms with Gasteiger partial charge in [0.2, 0.25) is 11.8 Å². The first-order valence-corrected chi connectivity index (χ1v) is 9.01. The monoisotopic (exact) mass is 373 g/mol. The van der Waals surface area contributed by atoms with Crippen molar-refractivity contribution in [2.75, 3.05) is 33.3 Å². The van der Waals surface area contributed by atoms with Crippen LogP contribution < -0.4 is 0 Å². The summed E-state index contributed by atoms with van der Waals surface area (Å²) in [6.45, 7) is 2.18. The number of amides is 2. The topological polar surface area (TPSA) is 93.0 Å². The zero-order valence-electron chi connectivity index (χ0n) is 15.3. The minimum atomic E-state index is -0.390. The number of aromatic nitrogens is 1. The maximum atomic E-state index is 12.6. The zero-order chi connectivity index (χ0) is 19.2. The van der Waals surface area contributed by atoms with Gasteiger partial charge in [-0.05, 0) is 24.1 Å². The first-order valence-electron chi connectivity index (χ1n) is 9.01. The van der Waals surface area contributed by atoms with Gasteiger partial charge in [0.25, 0.3) is 0 Å². The molecule has 8 heteroatoms. The van der Waals surface area contributed by atoms with Gasteiger partial charge in [-0.25, -0.2) is 4.98 Å². The van der Waals surface area contributed by atoms with Crippen LogP contribution in [0.5, 0.6) is 0 Å². The molecule has 144 valence electrons. The quantitative estimate of drug-likeness (QED) is 0.735. The maximum Gasteiger partial charge on any atom is 0.306 e. The van der Waals surface area contributed by atoms with Crippen LogP contribution in [0.15, 0.2) is 29.0 Å². The van der Waals surface area contributed by atoms with E-state index >= 15 is 0 Å². The van der Waals surface area contributed by atoms with Gasteiger partial charge in [0.05, 0.1) is 20.0 Å². The van der Waals surface area contributed by atoms with Gasteiger partial charge >= 0.3 is 5.97 Å². The van der Waals surface area contributed by atoms with Crippen molar-refractivity contribution in [2.45, 2.75) is 25.7 Å². The number of carbonyl (C=O) groups is 3. The summed E-state index contributed by atoms with van der Waals surface area (Å²) >= 11 is 0. The fourth-order valence-electron chi connectivity index (χ4n) is 3.18. The summed E-state index contributed by atoms with van der Waals surface area (Å²) in [5.41, 5.74) is 2.31. The Hall–Kier alpha value is -2.90. The Morgan fingerprint density at radius 2 is 1.81 bits per heavy atom. The molecule has 27 heavy (non-hydrogen) atoms. The molecule has 2 aromatic rings. The normalized spacial score (nSPS) is 14.9. The molecular weight excluding hydrogens is 350 g/mol. The number of rotatable bonds is 5. The summed E-state index contributed by atoms with van der Waals surface area (Å²) in [5.74, 6) is -0.443. The highest BCUT2D eigenvalue weighted by Crippen LogP contribution is 2.16. The van der Waals surface area contributed by atoms with Gasteiger partial charge < -0.3 is 19.0 Å². The van der Waals surface area contributed by atoms with E-state index in [-0.39, 0.29) is 31.1 Å². The number of fused-ring (bicyclic) bond motifs is 1. The van der Waals surface area contributed by atoms with E-state index in [9.17, 15) is 14.4 Å². The highest BCUT2D eigenvalue weighted by atomic mass is 16.5. The van der Waals surface area contributed by atoms with Crippen LogP contribution in [0.1, 0.15) is 24.8 Å². The second-order valence-electron chi connectivity index (χ2n) is 6.52. The summed E-state index contributed by atoms with van der Waals surface area (Å²) in [6, 6.07) is 5.55. The third kappa shape index (κ3) is 4.84. The Balaban J connectivity index is 1.53. The van der Waals surface area contributed by atoms with Gasteiger partial charge in [0.15, 0.2) is 12.0 Å². The van der Waals surface area contributed by atoms with Crippen LogP contribution >= 0.6 is 0 Å². The van der Waals surface area contributed by atoms with E-state index in [0.29, 0.717) is 31.8 Å². The number of hydrogen-bond donors (Lipinski definition) is 0. The average molecular weight is 373 g/mol. The van der Waals surface area contributed by atoms with Gasteiger partial charge in [-0.2, -0.15) is 0 Å². The Kier molecular flexibility index (Phi) is 6.05. The fraction of sp³-hybridized carbons (Fsp3) is 0.474. The SMILES string of the molecule is COC(=O)CCC(=O)N1CCCN(C(=O)Cc2ccc3ncoc3c2)CC1. The predicted octanol–water partition coefficient (Wildman–Crippen LogP) is 1.38. The number of carbonyl (C=O) groups excluding carboxylic acids is 3.